The second-order valence-corrected chi connectivity index (χ2v) is 11.4. The zero-order chi connectivity index (χ0) is 24.3. The molecule has 2 N–H and O–H groups in total. The maximum Gasteiger partial charge on any atom is 0.252 e. The molecule has 1 aliphatic rings. The Morgan fingerprint density at radius 1 is 1.03 bits per heavy atom. The van der Waals surface area contributed by atoms with Gasteiger partial charge in [0.2, 0.25) is 0 Å². The number of thiophene rings is 1. The van der Waals surface area contributed by atoms with Crippen LogP contribution >= 0.6 is 11.3 Å². The molecule has 1 aliphatic heterocycles. The molecular formula is C24H28N4O4S2. The molecule has 1 saturated heterocycles. The number of ketones is 1. The summed E-state index contributed by atoms with van der Waals surface area (Å²) in [6, 6.07) is 14.9. The molecule has 3 aromatic rings. The lowest BCUT2D eigenvalue weighted by Gasteiger charge is -2.33. The molecular weight excluding hydrogens is 472 g/mol. The lowest BCUT2D eigenvalue weighted by atomic mass is 10.1. The number of rotatable bonds is 9. The van der Waals surface area contributed by atoms with E-state index in [2.05, 4.69) is 0 Å². The van der Waals surface area contributed by atoms with Crippen molar-refractivity contribution in [2.45, 2.75) is 24.1 Å². The first-order chi connectivity index (χ1) is 16.3. The van der Waals surface area contributed by atoms with Crippen LogP contribution in [0.25, 0.3) is 0 Å². The highest BCUT2D eigenvalue weighted by Gasteiger charge is 2.30. The van der Waals surface area contributed by atoms with Gasteiger partial charge in [-0.1, -0.05) is 36.4 Å². The van der Waals surface area contributed by atoms with Crippen LogP contribution in [0.3, 0.4) is 0 Å². The molecule has 0 unspecified atom stereocenters. The van der Waals surface area contributed by atoms with Crippen molar-refractivity contribution in [3.05, 3.63) is 76.4 Å². The van der Waals surface area contributed by atoms with Crippen LogP contribution in [0.15, 0.2) is 58.1 Å². The van der Waals surface area contributed by atoms with Crippen LogP contribution in [0.1, 0.15) is 32.1 Å². The summed E-state index contributed by atoms with van der Waals surface area (Å²) in [5, 5.41) is 1.75. The summed E-state index contributed by atoms with van der Waals surface area (Å²) in [6.07, 6.45) is 0.716. The lowest BCUT2D eigenvalue weighted by Crippen LogP contribution is -2.49. The van der Waals surface area contributed by atoms with Gasteiger partial charge in [0.05, 0.1) is 17.8 Å². The van der Waals surface area contributed by atoms with Crippen LogP contribution in [0.5, 0.6) is 0 Å². The number of benzene rings is 1. The Morgan fingerprint density at radius 2 is 1.74 bits per heavy atom. The van der Waals surface area contributed by atoms with E-state index in [4.69, 9.17) is 5.73 Å². The second-order valence-electron chi connectivity index (χ2n) is 8.32. The van der Waals surface area contributed by atoms with E-state index in [1.54, 1.807) is 30.5 Å². The molecule has 1 amide bonds. The quantitative estimate of drug-likeness (QED) is 0.454. The number of hydrogen-bond acceptors (Lipinski definition) is 6. The maximum atomic E-state index is 13.3. The summed E-state index contributed by atoms with van der Waals surface area (Å²) < 4.78 is 29.2. The fourth-order valence-electron chi connectivity index (χ4n) is 4.25. The van der Waals surface area contributed by atoms with Gasteiger partial charge in [0, 0.05) is 38.4 Å². The van der Waals surface area contributed by atoms with Crippen LogP contribution < -0.4 is 5.73 Å². The predicted octanol–water partition coefficient (Wildman–Crippen LogP) is 2.39. The molecule has 0 saturated carbocycles. The van der Waals surface area contributed by atoms with Gasteiger partial charge in [-0.25, -0.2) is 8.42 Å². The number of nitrogens with two attached hydrogens (primary N) is 1. The Kier molecular flexibility index (Phi) is 7.32. The highest BCUT2D eigenvalue weighted by molar-refractivity contribution is 7.91. The third-order valence-electron chi connectivity index (χ3n) is 6.17. The summed E-state index contributed by atoms with van der Waals surface area (Å²) in [7, 11) is -3.49. The largest absolute Gasteiger partial charge is 0.366 e. The summed E-state index contributed by atoms with van der Waals surface area (Å²) >= 11 is 1.20. The van der Waals surface area contributed by atoms with Crippen LogP contribution in [-0.4, -0.2) is 66.6 Å². The topological polar surface area (TPSA) is 106 Å². The Morgan fingerprint density at radius 3 is 2.35 bits per heavy atom. The van der Waals surface area contributed by atoms with Gasteiger partial charge in [-0.15, -0.1) is 11.3 Å². The van der Waals surface area contributed by atoms with Crippen molar-refractivity contribution >= 4 is 33.1 Å². The number of aryl methyl sites for hydroxylation is 1. The molecule has 3 heterocycles. The first-order valence-electron chi connectivity index (χ1n) is 11.1. The first kappa shape index (κ1) is 24.3. The van der Waals surface area contributed by atoms with Crippen molar-refractivity contribution in [2.24, 2.45) is 5.73 Å². The molecule has 1 aromatic carbocycles. The van der Waals surface area contributed by atoms with Crippen LogP contribution in [-0.2, 0) is 23.0 Å². The molecule has 1 fully saturated rings. The number of carbonyl (C=O) groups is 2. The van der Waals surface area contributed by atoms with Gasteiger partial charge in [-0.05, 0) is 36.4 Å². The fourth-order valence-corrected chi connectivity index (χ4v) is 6.82. The smallest absolute Gasteiger partial charge is 0.252 e. The van der Waals surface area contributed by atoms with Gasteiger partial charge in [0.25, 0.3) is 15.9 Å². The predicted molar refractivity (Wildman–Crippen MR) is 132 cm³/mol. The minimum absolute atomic E-state index is 0.113. The molecule has 34 heavy (non-hydrogen) atoms. The number of carbonyl (C=O) groups excluding carboxylic acids is 2. The van der Waals surface area contributed by atoms with Crippen molar-refractivity contribution in [1.29, 1.82) is 0 Å². The maximum absolute atomic E-state index is 13.3. The Hall–Kier alpha value is -2.79. The molecule has 0 spiro atoms. The molecule has 10 heteroatoms. The number of amides is 1. The van der Waals surface area contributed by atoms with E-state index in [-0.39, 0.29) is 12.3 Å². The number of aromatic nitrogens is 1. The molecule has 180 valence electrons. The van der Waals surface area contributed by atoms with Crippen molar-refractivity contribution in [3.8, 4) is 0 Å². The average Bonchev–Trinajstić information content (AvgIpc) is 3.48. The first-order valence-corrected chi connectivity index (χ1v) is 13.4. The van der Waals surface area contributed by atoms with E-state index in [1.807, 2.05) is 39.8 Å². The van der Waals surface area contributed by atoms with Gasteiger partial charge in [-0.2, -0.15) is 4.31 Å². The van der Waals surface area contributed by atoms with E-state index < -0.39 is 15.9 Å². The van der Waals surface area contributed by atoms with Gasteiger partial charge < -0.3 is 10.3 Å². The van der Waals surface area contributed by atoms with Gasteiger partial charge in [-0.3, -0.25) is 14.5 Å². The van der Waals surface area contributed by atoms with Gasteiger partial charge in [0.15, 0.2) is 5.78 Å². The third kappa shape index (κ3) is 5.15. The summed E-state index contributed by atoms with van der Waals surface area (Å²) in [5.41, 5.74) is 8.17. The number of sulfonamides is 1. The summed E-state index contributed by atoms with van der Waals surface area (Å²) in [5.74, 6) is -0.671. The zero-order valence-electron chi connectivity index (χ0n) is 19.0. The summed E-state index contributed by atoms with van der Waals surface area (Å²) in [6.45, 7) is 4.08. The molecule has 0 bridgehead atoms. The molecule has 2 aromatic heterocycles. The number of piperazine rings is 1. The van der Waals surface area contributed by atoms with Crippen molar-refractivity contribution in [2.75, 3.05) is 32.7 Å². The average molecular weight is 501 g/mol. The minimum Gasteiger partial charge on any atom is -0.366 e. The number of primary amides is 1. The van der Waals surface area contributed by atoms with Gasteiger partial charge in [0.1, 0.15) is 4.21 Å². The Balaban J connectivity index is 1.44. The number of Topliss-reactive ketones (excluding diaryl/α,β-unsaturated/α-hetero) is 1. The highest BCUT2D eigenvalue weighted by atomic mass is 32.2. The van der Waals surface area contributed by atoms with Crippen molar-refractivity contribution in [1.82, 2.24) is 13.8 Å². The SMILES string of the molecule is Cc1c(C(N)=O)cc(C(=O)CN2CCN(S(=O)(=O)c3cccs3)CC2)n1CCc1ccccc1. The van der Waals surface area contributed by atoms with Crippen molar-refractivity contribution in [3.63, 3.8) is 0 Å². The molecule has 4 rings (SSSR count). The molecule has 8 nitrogen and oxygen atoms in total. The molecule has 0 atom stereocenters. The van der Waals surface area contributed by atoms with E-state index in [9.17, 15) is 18.0 Å². The normalized spacial score (nSPS) is 15.4. The Bertz CT molecular complexity index is 1260. The fraction of sp³-hybridized carbons (Fsp3) is 0.333. The van der Waals surface area contributed by atoms with Crippen LogP contribution in [0.2, 0.25) is 0 Å². The van der Waals surface area contributed by atoms with E-state index in [1.165, 1.54) is 15.6 Å². The van der Waals surface area contributed by atoms with Crippen LogP contribution in [0, 0.1) is 6.92 Å². The van der Waals surface area contributed by atoms with Gasteiger partial charge >= 0.3 is 0 Å². The third-order valence-corrected chi connectivity index (χ3v) is 9.44. The standard InChI is InChI=1S/C24H28N4O4S2/c1-18-20(24(25)30)16-21(28(18)10-9-19-6-3-2-4-7-19)22(29)17-26-11-13-27(14-12-26)34(31,32)23-8-5-15-33-23/h2-8,15-16H,9-14,17H2,1H3,(H2,25,30). The lowest BCUT2D eigenvalue weighted by molar-refractivity contribution is 0.0892. The van der Waals surface area contributed by atoms with E-state index >= 15 is 0 Å². The molecule has 0 radical (unpaired) electrons. The van der Waals surface area contributed by atoms with E-state index in [0.29, 0.717) is 60.3 Å². The molecule has 0 aliphatic carbocycles. The number of hydrogen-bond donors (Lipinski definition) is 1. The minimum atomic E-state index is -3.49. The highest BCUT2D eigenvalue weighted by Crippen LogP contribution is 2.23. The van der Waals surface area contributed by atoms with Crippen LogP contribution in [0.4, 0.5) is 0 Å². The van der Waals surface area contributed by atoms with E-state index in [0.717, 1.165) is 5.56 Å². The summed E-state index contributed by atoms with van der Waals surface area (Å²) in [4.78, 5) is 27.1. The zero-order valence-corrected chi connectivity index (χ0v) is 20.6. The Labute approximate surface area is 203 Å². The monoisotopic (exact) mass is 500 g/mol. The van der Waals surface area contributed by atoms with Crippen molar-refractivity contribution < 1.29 is 18.0 Å². The number of nitrogens with zero attached hydrogens (tertiary/aromatic N) is 3. The second kappa shape index (κ2) is 10.2.